The highest BCUT2D eigenvalue weighted by molar-refractivity contribution is 5.89. The molecule has 9 N–H and O–H groups in total. The maximum absolute atomic E-state index is 14.4. The topological polar surface area (TPSA) is 333 Å². The van der Waals surface area contributed by atoms with Gasteiger partial charge in [-0.25, -0.2) is 18.3 Å². The first-order valence-corrected chi connectivity index (χ1v) is 28.9. The van der Waals surface area contributed by atoms with Gasteiger partial charge in [0.2, 0.25) is 5.91 Å². The molecular weight excluding hydrogens is 1100 g/mol. The molecule has 26 heteroatoms. The highest BCUT2D eigenvalue weighted by Crippen LogP contribution is 2.41. The minimum absolute atomic E-state index is 0.0142. The summed E-state index contributed by atoms with van der Waals surface area (Å²) in [5.74, 6) is -5.08. The Bertz CT molecular complexity index is 2600. The molecule has 3 aromatic rings. The number of hydrogen-bond acceptors (Lipinski definition) is 21. The number of benzene rings is 2. The smallest absolute Gasteiger partial charge is 0.338 e. The largest absolute Gasteiger partial charge is 0.450 e. The van der Waals surface area contributed by atoms with E-state index in [9.17, 15) is 64.0 Å². The number of ether oxygens (including phenoxy) is 8. The molecular formula is C57H79F2N5O19. The number of rotatable bonds is 21. The molecule has 4 aliphatic heterocycles. The molecule has 4 saturated heterocycles. The molecule has 1 aromatic heterocycles. The van der Waals surface area contributed by atoms with Crippen molar-refractivity contribution in [2.45, 2.75) is 195 Å². The number of likely N-dealkylation sites (tertiary alicyclic amines) is 1. The fourth-order valence-corrected chi connectivity index (χ4v) is 12.2. The number of carbonyl (C=O) groups excluding carboxylic acids is 3. The lowest BCUT2D eigenvalue weighted by Crippen LogP contribution is -2.64. The third-order valence-electron chi connectivity index (χ3n) is 17.2. The van der Waals surface area contributed by atoms with E-state index in [1.54, 1.807) is 23.1 Å². The molecule has 83 heavy (non-hydrogen) atoms. The molecule has 460 valence electrons. The van der Waals surface area contributed by atoms with Crippen LogP contribution < -0.4 is 5.32 Å². The molecule has 9 unspecified atom stereocenters. The van der Waals surface area contributed by atoms with Gasteiger partial charge in [0, 0.05) is 31.1 Å². The molecule has 0 spiro atoms. The Kier molecular flexibility index (Phi) is 21.3. The fraction of sp³-hybridized carbons (Fsp3) is 0.702. The Labute approximate surface area is 478 Å². The summed E-state index contributed by atoms with van der Waals surface area (Å²) < 4.78 is 79.7. The van der Waals surface area contributed by atoms with E-state index in [2.05, 4.69) is 15.6 Å². The molecule has 6 aliphatic rings. The van der Waals surface area contributed by atoms with Gasteiger partial charge in [0.25, 0.3) is 5.91 Å². The highest BCUT2D eigenvalue weighted by atomic mass is 19.2. The third kappa shape index (κ3) is 14.2. The van der Waals surface area contributed by atoms with Gasteiger partial charge in [-0.05, 0) is 81.2 Å². The summed E-state index contributed by atoms with van der Waals surface area (Å²) >= 11 is 0. The van der Waals surface area contributed by atoms with Crippen molar-refractivity contribution >= 4 is 17.8 Å². The van der Waals surface area contributed by atoms with Gasteiger partial charge in [-0.2, -0.15) is 0 Å². The van der Waals surface area contributed by atoms with E-state index in [1.807, 2.05) is 6.92 Å². The lowest BCUT2D eigenvalue weighted by Gasteiger charge is -2.49. The molecule has 9 rings (SSSR count). The van der Waals surface area contributed by atoms with Crippen molar-refractivity contribution < 1.29 is 102 Å². The normalized spacial score (nSPS) is 35.5. The molecule has 2 aromatic carbocycles. The Morgan fingerprint density at radius 2 is 1.51 bits per heavy atom. The molecule has 2 aliphatic carbocycles. The number of nitrogens with one attached hydrogen (secondary N) is 1. The highest BCUT2D eigenvalue weighted by Gasteiger charge is 2.55. The van der Waals surface area contributed by atoms with Crippen LogP contribution in [0.2, 0.25) is 0 Å². The molecule has 20 atom stereocenters. The van der Waals surface area contributed by atoms with E-state index in [-0.39, 0.29) is 60.2 Å². The second-order valence-electron chi connectivity index (χ2n) is 22.8. The third-order valence-corrected chi connectivity index (χ3v) is 17.2. The first-order chi connectivity index (χ1) is 39.9. The van der Waals surface area contributed by atoms with E-state index < -0.39 is 159 Å². The van der Waals surface area contributed by atoms with Crippen molar-refractivity contribution in [3.05, 3.63) is 71.4 Å². The number of aromatic nitrogens is 3. The Morgan fingerprint density at radius 3 is 2.18 bits per heavy atom. The van der Waals surface area contributed by atoms with Crippen LogP contribution in [0.25, 0.3) is 11.3 Å². The number of hydrogen-bond donors (Lipinski definition) is 9. The fourth-order valence-electron chi connectivity index (χ4n) is 12.2. The number of nitrogens with zero attached hydrogens (tertiary/aromatic N) is 4. The summed E-state index contributed by atoms with van der Waals surface area (Å²) in [6.07, 6.45) is -17.1. The van der Waals surface area contributed by atoms with E-state index in [0.29, 0.717) is 25.9 Å². The van der Waals surface area contributed by atoms with Gasteiger partial charge in [-0.3, -0.25) is 9.59 Å². The second-order valence-corrected chi connectivity index (χ2v) is 22.8. The van der Waals surface area contributed by atoms with Crippen LogP contribution in [0.5, 0.6) is 0 Å². The summed E-state index contributed by atoms with van der Waals surface area (Å²) in [7, 11) is 0. The maximum atomic E-state index is 14.4. The number of amides is 2. The Hall–Kier alpha value is -4.75. The molecule has 2 saturated carbocycles. The van der Waals surface area contributed by atoms with Crippen molar-refractivity contribution in [2.75, 3.05) is 39.5 Å². The van der Waals surface area contributed by atoms with Crippen molar-refractivity contribution in [3.8, 4) is 11.3 Å². The standard InChI is InChI=1S/C57H79F2N5O19/c1-4-31-22-34(52(73)60-16-19-76-55-46(70)42(44(68)39(26-65)80-55)64-25-36(61-62-64)33-20-28(2)41(59)35(58)23-33)24-37(49(31)83-56-48(72)47(71)43(67)29(3)77-56)79-57-51(82-54(75)32-14-9-6-10-15-32)50(45(69)40(27-66)81-57)78-38(53(74)63-17-11-18-63)21-30-12-7-5-8-13-30/h6,9-10,14-15,20,23,25,29-31,34,37-40,42-51,55-57,65-72H,4-5,7-8,11-13,16-19,21-22,24,26-27H2,1-3H3,(H,60,73)/t29?,31-,34?,37-,38+,39-,40?,42?,43-,44-,45+,46?,47+,48?,49?,50?,51?,55+,56+,57-/m1/s1. The van der Waals surface area contributed by atoms with Crippen LogP contribution in [-0.2, 0) is 47.5 Å². The van der Waals surface area contributed by atoms with Crippen molar-refractivity contribution in [2.24, 2.45) is 17.8 Å². The second kappa shape index (κ2) is 28.2. The van der Waals surface area contributed by atoms with E-state index in [0.717, 1.165) is 49.3 Å². The monoisotopic (exact) mass is 1180 g/mol. The van der Waals surface area contributed by atoms with Gasteiger partial charge in [0.05, 0.1) is 49.9 Å². The number of aliphatic hydroxyl groups is 8. The zero-order valence-electron chi connectivity index (χ0n) is 46.7. The first kappa shape index (κ1) is 62.8. The van der Waals surface area contributed by atoms with Crippen LogP contribution >= 0.6 is 0 Å². The quantitative estimate of drug-likeness (QED) is 0.0529. The number of carbonyl (C=O) groups is 3. The lowest BCUT2D eigenvalue weighted by atomic mass is 9.75. The van der Waals surface area contributed by atoms with Crippen LogP contribution in [0.15, 0.2) is 48.7 Å². The summed E-state index contributed by atoms with van der Waals surface area (Å²) in [5.41, 5.74) is 0.412. The van der Waals surface area contributed by atoms with Crippen LogP contribution in [0, 0.1) is 36.3 Å². The van der Waals surface area contributed by atoms with Crippen LogP contribution in [-0.4, -0.2) is 222 Å². The Morgan fingerprint density at radius 1 is 0.795 bits per heavy atom. The maximum Gasteiger partial charge on any atom is 0.338 e. The number of halogens is 2. The predicted octanol–water partition coefficient (Wildman–Crippen LogP) is 0.939. The molecule has 6 fully saturated rings. The summed E-state index contributed by atoms with van der Waals surface area (Å²) in [6, 6.07) is 8.98. The predicted molar refractivity (Wildman–Crippen MR) is 283 cm³/mol. The van der Waals surface area contributed by atoms with Crippen LogP contribution in [0.3, 0.4) is 0 Å². The van der Waals surface area contributed by atoms with Crippen molar-refractivity contribution in [3.63, 3.8) is 0 Å². The number of aryl methyl sites for hydroxylation is 1. The minimum atomic E-state index is -1.74. The lowest BCUT2D eigenvalue weighted by molar-refractivity contribution is -0.349. The SMILES string of the molecule is CC[C@@H]1CC(C(=O)NCCO[C@H]2O[C@H](CO)[C@@H](O)C(n3cc(-c4cc(C)c(F)c(F)c4)nn3)C2O)C[C@@H](O[C@@H]2OC(CO)[C@H](O)C(O[C@@H](CC3CCCCC3)C(=O)N3CCC3)C2OC(=O)c2ccccc2)C1O[C@@H]1OC(C)[C@@H](O)[C@H](O)C1O. The molecule has 0 bridgehead atoms. The van der Waals surface area contributed by atoms with Gasteiger partial charge >= 0.3 is 5.97 Å². The zero-order chi connectivity index (χ0) is 59.2. The molecule has 2 amide bonds. The minimum Gasteiger partial charge on any atom is -0.450 e. The van der Waals surface area contributed by atoms with Gasteiger partial charge < -0.3 is 89.0 Å². The molecule has 5 heterocycles. The van der Waals surface area contributed by atoms with Crippen LogP contribution in [0.4, 0.5) is 8.78 Å². The summed E-state index contributed by atoms with van der Waals surface area (Å²) in [6.45, 7) is 3.82. The average molecular weight is 1180 g/mol. The zero-order valence-corrected chi connectivity index (χ0v) is 46.7. The van der Waals surface area contributed by atoms with Crippen molar-refractivity contribution in [1.29, 1.82) is 0 Å². The average Bonchev–Trinajstić information content (AvgIpc) is 3.97. The van der Waals surface area contributed by atoms with Gasteiger partial charge in [0.15, 0.2) is 36.6 Å². The molecule has 0 radical (unpaired) electrons. The van der Waals surface area contributed by atoms with Gasteiger partial charge in [-0.15, -0.1) is 5.10 Å². The van der Waals surface area contributed by atoms with E-state index in [4.69, 9.17) is 37.9 Å². The van der Waals surface area contributed by atoms with Gasteiger partial charge in [-0.1, -0.05) is 68.9 Å². The van der Waals surface area contributed by atoms with Crippen molar-refractivity contribution in [1.82, 2.24) is 25.2 Å². The van der Waals surface area contributed by atoms with Gasteiger partial charge in [0.1, 0.15) is 72.8 Å². The summed E-state index contributed by atoms with van der Waals surface area (Å²) in [4.78, 5) is 44.5. The first-order valence-electron chi connectivity index (χ1n) is 28.9. The number of aliphatic hydroxyl groups excluding tert-OH is 8. The Balaban J connectivity index is 0.953. The van der Waals surface area contributed by atoms with E-state index >= 15 is 0 Å². The summed E-state index contributed by atoms with van der Waals surface area (Å²) in [5, 5.41) is 99.3. The number of esters is 1. The van der Waals surface area contributed by atoms with Crippen LogP contribution in [0.1, 0.15) is 100 Å². The molecule has 24 nitrogen and oxygen atoms in total. The van der Waals surface area contributed by atoms with E-state index in [1.165, 1.54) is 38.2 Å².